The Balaban J connectivity index is 1.40. The number of ether oxygens (including phenoxy) is 1. The smallest absolute Gasteiger partial charge is 0.273 e. The van der Waals surface area contributed by atoms with Crippen molar-refractivity contribution in [2.45, 2.75) is 26.2 Å². The Kier molecular flexibility index (Phi) is 6.56. The van der Waals surface area contributed by atoms with Gasteiger partial charge in [0.15, 0.2) is 10.8 Å². The SMILES string of the molecule is CCN1CCN(c2nc3ncn(CC(O)COCc4cccs4)c(=O)c3s2)CC1. The minimum absolute atomic E-state index is 0.147. The molecule has 1 aliphatic heterocycles. The number of nitrogens with zero attached hydrogens (tertiary/aromatic N) is 5. The Morgan fingerprint density at radius 1 is 1.31 bits per heavy atom. The number of hydrogen-bond acceptors (Lipinski definition) is 9. The molecule has 0 saturated carbocycles. The Bertz CT molecular complexity index is 980. The average molecular weight is 436 g/mol. The Morgan fingerprint density at radius 2 is 2.14 bits per heavy atom. The van der Waals surface area contributed by atoms with E-state index in [0.29, 0.717) is 17.0 Å². The van der Waals surface area contributed by atoms with Gasteiger partial charge in [0.2, 0.25) is 0 Å². The summed E-state index contributed by atoms with van der Waals surface area (Å²) in [6, 6.07) is 3.95. The number of aliphatic hydroxyl groups excluding tert-OH is 1. The number of piperazine rings is 1. The van der Waals surface area contributed by atoms with Crippen LogP contribution < -0.4 is 10.5 Å². The van der Waals surface area contributed by atoms with Crippen LogP contribution in [0.25, 0.3) is 10.3 Å². The molecule has 3 aromatic rings. The van der Waals surface area contributed by atoms with Crippen LogP contribution >= 0.6 is 22.7 Å². The summed E-state index contributed by atoms with van der Waals surface area (Å²) in [7, 11) is 0. The lowest BCUT2D eigenvalue weighted by Gasteiger charge is -2.33. The number of fused-ring (bicyclic) bond motifs is 1. The molecule has 0 spiro atoms. The van der Waals surface area contributed by atoms with Crippen LogP contribution in [0.15, 0.2) is 28.6 Å². The molecule has 156 valence electrons. The Hall–Kier alpha value is -1.85. The molecule has 1 N–H and O–H groups in total. The first kappa shape index (κ1) is 20.4. The second-order valence-corrected chi connectivity index (χ2v) is 9.03. The lowest BCUT2D eigenvalue weighted by atomic mass is 10.3. The zero-order chi connectivity index (χ0) is 20.2. The van der Waals surface area contributed by atoms with Crippen molar-refractivity contribution in [1.82, 2.24) is 19.4 Å². The molecule has 1 saturated heterocycles. The summed E-state index contributed by atoms with van der Waals surface area (Å²) < 4.78 is 7.52. The van der Waals surface area contributed by atoms with Gasteiger partial charge in [-0.1, -0.05) is 24.3 Å². The molecule has 8 nitrogen and oxygen atoms in total. The number of aliphatic hydroxyl groups is 1. The lowest BCUT2D eigenvalue weighted by molar-refractivity contribution is 0.0207. The molecule has 1 atom stereocenters. The van der Waals surface area contributed by atoms with E-state index in [1.54, 1.807) is 11.3 Å². The Labute approximate surface area is 177 Å². The van der Waals surface area contributed by atoms with Gasteiger partial charge in [0.05, 0.1) is 25.9 Å². The van der Waals surface area contributed by atoms with Crippen molar-refractivity contribution in [2.24, 2.45) is 0 Å². The zero-order valence-corrected chi connectivity index (χ0v) is 18.0. The van der Waals surface area contributed by atoms with Crippen LogP contribution in [0.5, 0.6) is 0 Å². The van der Waals surface area contributed by atoms with Crippen LogP contribution in [0.3, 0.4) is 0 Å². The topological polar surface area (TPSA) is 83.7 Å². The van der Waals surface area contributed by atoms with Crippen molar-refractivity contribution >= 4 is 38.2 Å². The van der Waals surface area contributed by atoms with E-state index < -0.39 is 6.10 Å². The third-order valence-corrected chi connectivity index (χ3v) is 6.95. The van der Waals surface area contributed by atoms with E-state index in [0.717, 1.165) is 42.7 Å². The normalized spacial score (nSPS) is 16.6. The molecule has 0 radical (unpaired) electrons. The number of thiophene rings is 1. The van der Waals surface area contributed by atoms with Crippen molar-refractivity contribution in [3.8, 4) is 0 Å². The molecule has 1 unspecified atom stereocenters. The van der Waals surface area contributed by atoms with Crippen LogP contribution in [0, 0.1) is 0 Å². The highest BCUT2D eigenvalue weighted by molar-refractivity contribution is 7.22. The van der Waals surface area contributed by atoms with E-state index in [2.05, 4.69) is 26.7 Å². The summed E-state index contributed by atoms with van der Waals surface area (Å²) in [5.41, 5.74) is 0.316. The highest BCUT2D eigenvalue weighted by Crippen LogP contribution is 2.26. The van der Waals surface area contributed by atoms with Crippen LogP contribution in [0.4, 0.5) is 5.13 Å². The largest absolute Gasteiger partial charge is 0.389 e. The highest BCUT2D eigenvalue weighted by Gasteiger charge is 2.21. The van der Waals surface area contributed by atoms with Crippen molar-refractivity contribution in [3.63, 3.8) is 0 Å². The predicted octanol–water partition coefficient (Wildman–Crippen LogP) is 1.63. The van der Waals surface area contributed by atoms with Crippen molar-refractivity contribution in [2.75, 3.05) is 44.2 Å². The minimum atomic E-state index is -0.776. The summed E-state index contributed by atoms with van der Waals surface area (Å²) >= 11 is 3.00. The van der Waals surface area contributed by atoms with Gasteiger partial charge in [0.25, 0.3) is 5.56 Å². The highest BCUT2D eigenvalue weighted by atomic mass is 32.1. The van der Waals surface area contributed by atoms with Gasteiger partial charge in [-0.3, -0.25) is 9.36 Å². The first-order chi connectivity index (χ1) is 14.1. The molecule has 1 aliphatic rings. The van der Waals surface area contributed by atoms with Crippen molar-refractivity contribution in [3.05, 3.63) is 39.1 Å². The number of anilines is 1. The molecule has 29 heavy (non-hydrogen) atoms. The molecule has 10 heteroatoms. The maximum absolute atomic E-state index is 12.8. The standard InChI is InChI=1S/C19H25N5O3S2/c1-2-22-5-7-23(8-6-22)19-21-17-16(29-19)18(26)24(13-20-17)10-14(25)11-27-12-15-4-3-9-28-15/h3-4,9,13-14,25H,2,5-8,10-12H2,1H3. The van der Waals surface area contributed by atoms with Gasteiger partial charge in [-0.05, 0) is 18.0 Å². The van der Waals surface area contributed by atoms with Gasteiger partial charge in [-0.15, -0.1) is 11.3 Å². The molecular weight excluding hydrogens is 410 g/mol. The number of rotatable bonds is 8. The molecule has 3 aromatic heterocycles. The van der Waals surface area contributed by atoms with E-state index >= 15 is 0 Å². The van der Waals surface area contributed by atoms with Gasteiger partial charge in [-0.25, -0.2) is 4.98 Å². The maximum Gasteiger partial charge on any atom is 0.273 e. The summed E-state index contributed by atoms with van der Waals surface area (Å²) in [6.07, 6.45) is 0.688. The zero-order valence-electron chi connectivity index (χ0n) is 16.4. The fourth-order valence-electron chi connectivity index (χ4n) is 3.33. The first-order valence-electron chi connectivity index (χ1n) is 9.75. The molecule has 1 fully saturated rings. The predicted molar refractivity (Wildman–Crippen MR) is 116 cm³/mol. The van der Waals surface area contributed by atoms with E-state index in [1.165, 1.54) is 22.2 Å². The average Bonchev–Trinajstić information content (AvgIpc) is 3.40. The van der Waals surface area contributed by atoms with Crippen molar-refractivity contribution < 1.29 is 9.84 Å². The van der Waals surface area contributed by atoms with Crippen LogP contribution in [-0.4, -0.2) is 70.0 Å². The van der Waals surface area contributed by atoms with Crippen LogP contribution in [-0.2, 0) is 17.9 Å². The van der Waals surface area contributed by atoms with Gasteiger partial charge >= 0.3 is 0 Å². The van der Waals surface area contributed by atoms with Crippen LogP contribution in [0.1, 0.15) is 11.8 Å². The molecular formula is C19H25N5O3S2. The molecule has 4 rings (SSSR count). The second-order valence-electron chi connectivity index (χ2n) is 7.02. The van der Waals surface area contributed by atoms with Gasteiger partial charge in [0.1, 0.15) is 11.0 Å². The molecule has 0 aliphatic carbocycles. The summed E-state index contributed by atoms with van der Waals surface area (Å²) in [5, 5.41) is 13.1. The van der Waals surface area contributed by atoms with Crippen LogP contribution in [0.2, 0.25) is 0 Å². The van der Waals surface area contributed by atoms with E-state index in [4.69, 9.17) is 4.74 Å². The molecule has 4 heterocycles. The van der Waals surface area contributed by atoms with Gasteiger partial charge in [-0.2, -0.15) is 4.98 Å². The number of aromatic nitrogens is 3. The summed E-state index contributed by atoms with van der Waals surface area (Å²) in [5.74, 6) is 0. The van der Waals surface area contributed by atoms with Crippen molar-refractivity contribution in [1.29, 1.82) is 0 Å². The quantitative estimate of drug-likeness (QED) is 0.576. The Morgan fingerprint density at radius 3 is 2.86 bits per heavy atom. The lowest BCUT2D eigenvalue weighted by Crippen LogP contribution is -2.46. The minimum Gasteiger partial charge on any atom is -0.389 e. The van der Waals surface area contributed by atoms with E-state index in [1.807, 2.05) is 17.5 Å². The monoisotopic (exact) mass is 435 g/mol. The first-order valence-corrected chi connectivity index (χ1v) is 11.4. The van der Waals surface area contributed by atoms with E-state index in [9.17, 15) is 9.90 Å². The molecule has 0 bridgehead atoms. The maximum atomic E-state index is 12.8. The van der Waals surface area contributed by atoms with Gasteiger partial charge in [0, 0.05) is 31.1 Å². The molecule has 0 amide bonds. The number of thiazole rings is 1. The summed E-state index contributed by atoms with van der Waals surface area (Å²) in [6.45, 7) is 7.81. The fraction of sp³-hybridized carbons (Fsp3) is 0.526. The third-order valence-electron chi connectivity index (χ3n) is 5.00. The molecule has 0 aromatic carbocycles. The van der Waals surface area contributed by atoms with Gasteiger partial charge < -0.3 is 19.6 Å². The second kappa shape index (κ2) is 9.31. The third kappa shape index (κ3) is 4.84. The number of likely N-dealkylation sites (N-methyl/N-ethyl adjacent to an activating group) is 1. The van der Waals surface area contributed by atoms with E-state index in [-0.39, 0.29) is 18.7 Å². The number of hydrogen-bond donors (Lipinski definition) is 1. The fourth-order valence-corrected chi connectivity index (χ4v) is 4.99. The summed E-state index contributed by atoms with van der Waals surface area (Å²) in [4.78, 5) is 27.5.